The topological polar surface area (TPSA) is 61.8 Å². The molecule has 0 bridgehead atoms. The van der Waals surface area contributed by atoms with E-state index in [1.165, 1.54) is 0 Å². The van der Waals surface area contributed by atoms with E-state index in [1.54, 1.807) is 7.11 Å². The maximum absolute atomic E-state index is 11.7. The normalized spacial score (nSPS) is 12.0. The van der Waals surface area contributed by atoms with Crippen LogP contribution in [0, 0.1) is 5.92 Å². The first kappa shape index (κ1) is 21.9. The van der Waals surface area contributed by atoms with Crippen LogP contribution in [0.1, 0.15) is 71.6 Å². The Morgan fingerprint density at radius 3 is 2.09 bits per heavy atom. The maximum Gasteiger partial charge on any atom is 0.306 e. The van der Waals surface area contributed by atoms with Gasteiger partial charge in [-0.2, -0.15) is 0 Å². The molecule has 0 aliphatic heterocycles. The zero-order valence-electron chi connectivity index (χ0n) is 15.1. The number of carbonyl (C=O) groups is 2. The van der Waals surface area contributed by atoms with Crippen molar-refractivity contribution in [3.63, 3.8) is 0 Å². The molecule has 0 saturated heterocycles. The Hall–Kier alpha value is -1.10. The van der Waals surface area contributed by atoms with E-state index >= 15 is 0 Å². The van der Waals surface area contributed by atoms with Crippen LogP contribution in [-0.2, 0) is 23.8 Å². The molecule has 0 radical (unpaired) electrons. The van der Waals surface area contributed by atoms with Crippen LogP contribution in [0.15, 0.2) is 0 Å². The summed E-state index contributed by atoms with van der Waals surface area (Å²) in [4.78, 5) is 23.2. The first-order valence-electron chi connectivity index (χ1n) is 8.94. The average molecular weight is 330 g/mol. The summed E-state index contributed by atoms with van der Waals surface area (Å²) < 4.78 is 15.4. The van der Waals surface area contributed by atoms with E-state index < -0.39 is 0 Å². The van der Waals surface area contributed by atoms with Gasteiger partial charge in [0, 0.05) is 13.7 Å². The Labute approximate surface area is 141 Å². The van der Waals surface area contributed by atoms with Gasteiger partial charge in [-0.1, -0.05) is 39.5 Å². The highest BCUT2D eigenvalue weighted by Gasteiger charge is 2.13. The van der Waals surface area contributed by atoms with Crippen LogP contribution >= 0.6 is 0 Å². The van der Waals surface area contributed by atoms with Gasteiger partial charge in [-0.05, 0) is 25.2 Å². The molecule has 1 atom stereocenters. The van der Waals surface area contributed by atoms with Gasteiger partial charge in [-0.15, -0.1) is 0 Å². The van der Waals surface area contributed by atoms with Gasteiger partial charge in [-0.25, -0.2) is 0 Å². The Balaban J connectivity index is 3.82. The van der Waals surface area contributed by atoms with Crippen molar-refractivity contribution < 1.29 is 23.8 Å². The SMILES string of the molecule is CCCCCOC(=O)CCC(=O)OCC(CCCC)CCOC. The minimum Gasteiger partial charge on any atom is -0.466 e. The number of ether oxygens (including phenoxy) is 3. The molecular formula is C18H34O5. The third kappa shape index (κ3) is 14.2. The highest BCUT2D eigenvalue weighted by Crippen LogP contribution is 2.14. The summed E-state index contributed by atoms with van der Waals surface area (Å²) in [6.45, 7) is 5.77. The fourth-order valence-corrected chi connectivity index (χ4v) is 2.19. The lowest BCUT2D eigenvalue weighted by Gasteiger charge is -2.16. The summed E-state index contributed by atoms with van der Waals surface area (Å²) in [5, 5.41) is 0. The number of rotatable bonds is 15. The van der Waals surface area contributed by atoms with E-state index in [0.717, 1.165) is 44.9 Å². The fraction of sp³-hybridized carbons (Fsp3) is 0.889. The Kier molecular flexibility index (Phi) is 15.0. The van der Waals surface area contributed by atoms with E-state index in [9.17, 15) is 9.59 Å². The third-order valence-corrected chi connectivity index (χ3v) is 3.72. The Morgan fingerprint density at radius 1 is 0.826 bits per heavy atom. The molecule has 0 aliphatic carbocycles. The van der Waals surface area contributed by atoms with Crippen LogP contribution < -0.4 is 0 Å². The molecule has 0 rings (SSSR count). The molecule has 0 aromatic carbocycles. The van der Waals surface area contributed by atoms with Crippen molar-refractivity contribution in [2.75, 3.05) is 26.9 Å². The van der Waals surface area contributed by atoms with Gasteiger partial charge < -0.3 is 14.2 Å². The molecule has 136 valence electrons. The predicted molar refractivity (Wildman–Crippen MR) is 90.2 cm³/mol. The fourth-order valence-electron chi connectivity index (χ4n) is 2.19. The molecule has 0 spiro atoms. The molecule has 5 nitrogen and oxygen atoms in total. The largest absolute Gasteiger partial charge is 0.466 e. The van der Waals surface area contributed by atoms with Gasteiger partial charge in [0.2, 0.25) is 0 Å². The average Bonchev–Trinajstić information content (AvgIpc) is 2.56. The summed E-state index contributed by atoms with van der Waals surface area (Å²) in [6, 6.07) is 0. The zero-order chi connectivity index (χ0) is 17.3. The second kappa shape index (κ2) is 15.8. The zero-order valence-corrected chi connectivity index (χ0v) is 15.1. The van der Waals surface area contributed by atoms with Crippen LogP contribution in [-0.4, -0.2) is 38.9 Å². The highest BCUT2D eigenvalue weighted by molar-refractivity contribution is 5.77. The summed E-state index contributed by atoms with van der Waals surface area (Å²) in [5.74, 6) is -0.311. The monoisotopic (exact) mass is 330 g/mol. The van der Waals surface area contributed by atoms with Crippen molar-refractivity contribution in [2.45, 2.75) is 71.6 Å². The highest BCUT2D eigenvalue weighted by atomic mass is 16.5. The van der Waals surface area contributed by atoms with Gasteiger partial charge >= 0.3 is 11.9 Å². The molecule has 1 unspecified atom stereocenters. The van der Waals surface area contributed by atoms with Crippen molar-refractivity contribution in [2.24, 2.45) is 5.92 Å². The molecule has 0 aliphatic rings. The number of methoxy groups -OCH3 is 1. The van der Waals surface area contributed by atoms with Gasteiger partial charge in [0.15, 0.2) is 0 Å². The smallest absolute Gasteiger partial charge is 0.306 e. The minimum absolute atomic E-state index is 0.0946. The standard InChI is InChI=1S/C18H34O5/c1-4-6-8-13-22-17(19)10-11-18(20)23-15-16(9-7-5-2)12-14-21-3/h16H,4-15H2,1-3H3. The van der Waals surface area contributed by atoms with E-state index in [4.69, 9.17) is 14.2 Å². The summed E-state index contributed by atoms with van der Waals surface area (Å²) >= 11 is 0. The quantitative estimate of drug-likeness (QED) is 0.337. The van der Waals surface area contributed by atoms with Gasteiger partial charge in [0.1, 0.15) is 0 Å². The van der Waals surface area contributed by atoms with Crippen molar-refractivity contribution in [1.29, 1.82) is 0 Å². The van der Waals surface area contributed by atoms with Crippen molar-refractivity contribution in [3.8, 4) is 0 Å². The van der Waals surface area contributed by atoms with E-state index in [-0.39, 0.29) is 24.8 Å². The summed E-state index contributed by atoms with van der Waals surface area (Å²) in [5.41, 5.74) is 0. The molecule has 5 heteroatoms. The van der Waals surface area contributed by atoms with E-state index in [0.29, 0.717) is 25.7 Å². The Bertz CT molecular complexity index is 296. The maximum atomic E-state index is 11.7. The van der Waals surface area contributed by atoms with Crippen LogP contribution in [0.3, 0.4) is 0 Å². The molecule has 0 heterocycles. The van der Waals surface area contributed by atoms with Gasteiger partial charge in [0.25, 0.3) is 0 Å². The molecular weight excluding hydrogens is 296 g/mol. The van der Waals surface area contributed by atoms with E-state index in [2.05, 4.69) is 13.8 Å². The Morgan fingerprint density at radius 2 is 1.48 bits per heavy atom. The van der Waals surface area contributed by atoms with Crippen LogP contribution in [0.2, 0.25) is 0 Å². The molecule has 0 N–H and O–H groups in total. The van der Waals surface area contributed by atoms with Crippen molar-refractivity contribution in [1.82, 2.24) is 0 Å². The summed E-state index contributed by atoms with van der Waals surface area (Å²) in [6.07, 6.45) is 7.39. The van der Waals surface area contributed by atoms with Crippen molar-refractivity contribution in [3.05, 3.63) is 0 Å². The molecule has 0 aromatic rings. The predicted octanol–water partition coefficient (Wildman–Crippen LogP) is 3.89. The van der Waals surface area contributed by atoms with Crippen LogP contribution in [0.4, 0.5) is 0 Å². The first-order chi connectivity index (χ1) is 11.1. The lowest BCUT2D eigenvalue weighted by atomic mass is 10.00. The number of esters is 2. The summed E-state index contributed by atoms with van der Waals surface area (Å²) in [7, 11) is 1.68. The molecule has 0 fully saturated rings. The minimum atomic E-state index is -0.325. The second-order valence-electron chi connectivity index (χ2n) is 5.90. The number of carbonyl (C=O) groups excluding carboxylic acids is 2. The molecule has 0 aromatic heterocycles. The number of hydrogen-bond donors (Lipinski definition) is 0. The lowest BCUT2D eigenvalue weighted by Crippen LogP contribution is -2.17. The number of unbranched alkanes of at least 4 members (excludes halogenated alkanes) is 3. The first-order valence-corrected chi connectivity index (χ1v) is 8.94. The molecule has 0 saturated carbocycles. The van der Waals surface area contributed by atoms with Crippen LogP contribution in [0.25, 0.3) is 0 Å². The number of hydrogen-bond acceptors (Lipinski definition) is 5. The third-order valence-electron chi connectivity index (χ3n) is 3.72. The molecule has 0 amide bonds. The van der Waals surface area contributed by atoms with Crippen molar-refractivity contribution >= 4 is 11.9 Å². The van der Waals surface area contributed by atoms with Crippen LogP contribution in [0.5, 0.6) is 0 Å². The van der Waals surface area contributed by atoms with Gasteiger partial charge in [-0.3, -0.25) is 9.59 Å². The lowest BCUT2D eigenvalue weighted by molar-refractivity contribution is -0.151. The second-order valence-corrected chi connectivity index (χ2v) is 5.90. The van der Waals surface area contributed by atoms with E-state index in [1.807, 2.05) is 0 Å². The van der Waals surface area contributed by atoms with Gasteiger partial charge in [0.05, 0.1) is 26.1 Å². The molecule has 23 heavy (non-hydrogen) atoms.